The van der Waals surface area contributed by atoms with Gasteiger partial charge in [-0.3, -0.25) is 0 Å². The number of hydrogen-bond acceptors (Lipinski definition) is 4. The summed E-state index contributed by atoms with van der Waals surface area (Å²) in [5.41, 5.74) is 2.50. The van der Waals surface area contributed by atoms with Crippen molar-refractivity contribution in [2.45, 2.75) is 70.2 Å². The van der Waals surface area contributed by atoms with Crippen molar-refractivity contribution < 1.29 is 14.9 Å². The van der Waals surface area contributed by atoms with E-state index in [1.54, 1.807) is 0 Å². The molecule has 1 aliphatic carbocycles. The van der Waals surface area contributed by atoms with Crippen molar-refractivity contribution >= 4 is 0 Å². The quantitative estimate of drug-likeness (QED) is 0.369. The number of rotatable bonds is 9. The fourth-order valence-corrected chi connectivity index (χ4v) is 4.72. The molecule has 2 N–H and O–H groups in total. The lowest BCUT2D eigenvalue weighted by Crippen LogP contribution is -2.19. The Morgan fingerprint density at radius 1 is 1.30 bits per heavy atom. The molecular formula is C26H37NO3. The predicted molar refractivity (Wildman–Crippen MR) is 122 cm³/mol. The lowest BCUT2D eigenvalue weighted by molar-refractivity contribution is 0.134. The molecule has 2 aliphatic rings. The third kappa shape index (κ3) is 5.27. The maximum absolute atomic E-state index is 10.7. The first-order valence-electron chi connectivity index (χ1n) is 11.3. The Hall–Kier alpha value is -1.80. The molecule has 4 nitrogen and oxygen atoms in total. The number of benzene rings is 1. The second-order valence-electron chi connectivity index (χ2n) is 9.14. The number of aryl methyl sites for hydroxylation is 1. The van der Waals surface area contributed by atoms with E-state index in [0.717, 1.165) is 25.1 Å². The molecule has 0 aromatic heterocycles. The standard InChI is InChI=1S/C26H37NO3/c1-5-6-10-18(2)22(28)15-14-20-23(29)17-24-25(20)21-13-9-12-19(26(21)30-24)11-7-8-16-27(3)4/h9,12-15,18,20,22-25,28-29H,7-8,10-11,16-17H2,1-4H3/t18?,20-,22+,23+,24-,25-/m0/s1. The van der Waals surface area contributed by atoms with E-state index < -0.39 is 12.2 Å². The number of fused-ring (bicyclic) bond motifs is 3. The molecule has 3 rings (SSSR count). The lowest BCUT2D eigenvalue weighted by atomic mass is 9.86. The van der Waals surface area contributed by atoms with Crippen LogP contribution in [0, 0.1) is 23.7 Å². The number of para-hydroxylation sites is 1. The van der Waals surface area contributed by atoms with Gasteiger partial charge in [0.25, 0.3) is 0 Å². The van der Waals surface area contributed by atoms with Gasteiger partial charge in [-0.25, -0.2) is 0 Å². The number of hydrogen-bond donors (Lipinski definition) is 2. The number of aliphatic hydroxyl groups excluding tert-OH is 2. The van der Waals surface area contributed by atoms with Crippen molar-refractivity contribution in [1.82, 2.24) is 4.90 Å². The summed E-state index contributed by atoms with van der Waals surface area (Å²) in [6.07, 6.45) is 7.54. The van der Waals surface area contributed by atoms with Gasteiger partial charge in [0.15, 0.2) is 0 Å². The lowest BCUT2D eigenvalue weighted by Gasteiger charge is -2.19. The van der Waals surface area contributed by atoms with Gasteiger partial charge in [-0.1, -0.05) is 37.3 Å². The average molecular weight is 412 g/mol. The molecular weight excluding hydrogens is 374 g/mol. The van der Waals surface area contributed by atoms with Crippen LogP contribution in [-0.2, 0) is 6.42 Å². The third-order valence-corrected chi connectivity index (χ3v) is 6.50. The van der Waals surface area contributed by atoms with Crippen LogP contribution in [0.15, 0.2) is 30.4 Å². The molecule has 30 heavy (non-hydrogen) atoms. The molecule has 164 valence electrons. The molecule has 1 saturated carbocycles. The van der Waals surface area contributed by atoms with Gasteiger partial charge in [0.05, 0.1) is 12.2 Å². The molecule has 0 saturated heterocycles. The van der Waals surface area contributed by atoms with Gasteiger partial charge < -0.3 is 19.8 Å². The highest BCUT2D eigenvalue weighted by Crippen LogP contribution is 2.52. The zero-order valence-corrected chi connectivity index (χ0v) is 18.8. The third-order valence-electron chi connectivity index (χ3n) is 6.50. The molecule has 0 spiro atoms. The SMILES string of the molecule is CC#CCC(C)[C@H](O)C=C[C@@H]1[C@H]2c3cccc(CCCCN(C)C)c3O[C@H]2C[C@H]1O. The second kappa shape index (κ2) is 10.5. The highest BCUT2D eigenvalue weighted by Gasteiger charge is 2.48. The Bertz CT molecular complexity index is 791. The summed E-state index contributed by atoms with van der Waals surface area (Å²) in [6.45, 7) is 4.92. The van der Waals surface area contributed by atoms with E-state index in [4.69, 9.17) is 4.74 Å². The maximum atomic E-state index is 10.7. The van der Waals surface area contributed by atoms with E-state index in [-0.39, 0.29) is 23.9 Å². The first-order valence-corrected chi connectivity index (χ1v) is 11.3. The van der Waals surface area contributed by atoms with Crippen LogP contribution in [0.4, 0.5) is 0 Å². The fraction of sp³-hybridized carbons (Fsp3) is 0.615. The van der Waals surface area contributed by atoms with Gasteiger partial charge in [0.2, 0.25) is 0 Å². The van der Waals surface area contributed by atoms with Crippen LogP contribution in [-0.4, -0.2) is 54.1 Å². The van der Waals surface area contributed by atoms with Crippen LogP contribution in [0.5, 0.6) is 5.75 Å². The molecule has 1 aromatic carbocycles. The molecule has 6 atom stereocenters. The Labute approximate surface area is 181 Å². The largest absolute Gasteiger partial charge is 0.489 e. The van der Waals surface area contributed by atoms with Gasteiger partial charge in [-0.05, 0) is 58.3 Å². The molecule has 1 unspecified atom stereocenters. The monoisotopic (exact) mass is 411 g/mol. The Balaban J connectivity index is 1.70. The first kappa shape index (κ1) is 22.9. The van der Waals surface area contributed by atoms with Gasteiger partial charge >= 0.3 is 0 Å². The summed E-state index contributed by atoms with van der Waals surface area (Å²) in [5, 5.41) is 21.1. The summed E-state index contributed by atoms with van der Waals surface area (Å²) < 4.78 is 6.36. The van der Waals surface area contributed by atoms with Crippen molar-refractivity contribution in [2.75, 3.05) is 20.6 Å². The molecule has 1 aromatic rings. The second-order valence-corrected chi connectivity index (χ2v) is 9.14. The van der Waals surface area contributed by atoms with Crippen LogP contribution in [0.1, 0.15) is 56.6 Å². The van der Waals surface area contributed by atoms with Crippen LogP contribution < -0.4 is 4.74 Å². The molecule has 1 heterocycles. The summed E-state index contributed by atoms with van der Waals surface area (Å²) >= 11 is 0. The van der Waals surface area contributed by atoms with E-state index in [2.05, 4.69) is 49.0 Å². The highest BCUT2D eigenvalue weighted by atomic mass is 16.5. The van der Waals surface area contributed by atoms with Gasteiger partial charge in [-0.15, -0.1) is 11.8 Å². The van der Waals surface area contributed by atoms with E-state index >= 15 is 0 Å². The van der Waals surface area contributed by atoms with E-state index in [1.807, 2.05) is 26.0 Å². The molecule has 0 radical (unpaired) electrons. The topological polar surface area (TPSA) is 52.9 Å². The van der Waals surface area contributed by atoms with Crippen molar-refractivity contribution in [3.63, 3.8) is 0 Å². The minimum Gasteiger partial charge on any atom is -0.489 e. The zero-order valence-electron chi connectivity index (χ0n) is 18.8. The van der Waals surface area contributed by atoms with Crippen molar-refractivity contribution in [3.8, 4) is 17.6 Å². The van der Waals surface area contributed by atoms with E-state index in [9.17, 15) is 10.2 Å². The average Bonchev–Trinajstić information content (AvgIpc) is 3.22. The van der Waals surface area contributed by atoms with Gasteiger partial charge in [0, 0.05) is 30.2 Å². The van der Waals surface area contributed by atoms with E-state index in [0.29, 0.717) is 12.8 Å². The minimum absolute atomic E-state index is 0.0214. The van der Waals surface area contributed by atoms with Crippen molar-refractivity contribution in [3.05, 3.63) is 41.5 Å². The predicted octanol–water partition coefficient (Wildman–Crippen LogP) is 3.76. The molecule has 1 aliphatic heterocycles. The normalized spacial score (nSPS) is 26.8. The maximum Gasteiger partial charge on any atom is 0.126 e. The highest BCUT2D eigenvalue weighted by molar-refractivity contribution is 5.49. The number of nitrogens with zero attached hydrogens (tertiary/aromatic N) is 1. The van der Waals surface area contributed by atoms with Gasteiger partial charge in [0.1, 0.15) is 11.9 Å². The van der Waals surface area contributed by atoms with Crippen LogP contribution >= 0.6 is 0 Å². The number of aliphatic hydroxyl groups is 2. The number of ether oxygens (including phenoxy) is 1. The summed E-state index contributed by atoms with van der Waals surface area (Å²) in [5.74, 6) is 7.16. The molecule has 4 heteroatoms. The molecule has 0 amide bonds. The molecule has 1 fully saturated rings. The van der Waals surface area contributed by atoms with Crippen molar-refractivity contribution in [2.24, 2.45) is 11.8 Å². The minimum atomic E-state index is -0.554. The zero-order chi connectivity index (χ0) is 21.7. The van der Waals surface area contributed by atoms with Gasteiger partial charge in [-0.2, -0.15) is 0 Å². The smallest absolute Gasteiger partial charge is 0.126 e. The van der Waals surface area contributed by atoms with Crippen LogP contribution in [0.2, 0.25) is 0 Å². The summed E-state index contributed by atoms with van der Waals surface area (Å²) in [4.78, 5) is 2.22. The van der Waals surface area contributed by atoms with Crippen LogP contribution in [0.25, 0.3) is 0 Å². The Kier molecular flexibility index (Phi) is 7.99. The van der Waals surface area contributed by atoms with E-state index in [1.165, 1.54) is 17.5 Å². The first-order chi connectivity index (χ1) is 14.4. The summed E-state index contributed by atoms with van der Waals surface area (Å²) in [6, 6.07) is 6.45. The van der Waals surface area contributed by atoms with Crippen LogP contribution in [0.3, 0.4) is 0 Å². The Morgan fingerprint density at radius 3 is 2.83 bits per heavy atom. The van der Waals surface area contributed by atoms with Crippen molar-refractivity contribution in [1.29, 1.82) is 0 Å². The molecule has 0 bridgehead atoms. The number of unbranched alkanes of at least 4 members (excludes halogenated alkanes) is 1. The fourth-order valence-electron chi connectivity index (χ4n) is 4.72. The Morgan fingerprint density at radius 2 is 2.10 bits per heavy atom. The summed E-state index contributed by atoms with van der Waals surface area (Å²) in [7, 11) is 4.22.